The van der Waals surface area contributed by atoms with E-state index < -0.39 is 6.09 Å². The van der Waals surface area contributed by atoms with Crippen LogP contribution in [-0.2, 0) is 0 Å². The first-order chi connectivity index (χ1) is 8.29. The van der Waals surface area contributed by atoms with Gasteiger partial charge < -0.3 is 14.5 Å². The largest absolute Gasteiger partial charge is 0.465 e. The van der Waals surface area contributed by atoms with Crippen LogP contribution in [0.1, 0.15) is 44.8 Å². The third kappa shape index (κ3) is 2.63. The van der Waals surface area contributed by atoms with Gasteiger partial charge in [-0.3, -0.25) is 0 Å². The average molecular weight is 253 g/mol. The van der Waals surface area contributed by atoms with E-state index in [1.807, 2.05) is 20.8 Å². The van der Waals surface area contributed by atoms with Gasteiger partial charge >= 0.3 is 6.09 Å². The van der Waals surface area contributed by atoms with Crippen molar-refractivity contribution in [2.45, 2.75) is 45.6 Å². The molecule has 1 aromatic rings. The molecule has 18 heavy (non-hydrogen) atoms. The van der Waals surface area contributed by atoms with Gasteiger partial charge in [0.2, 0.25) is 5.89 Å². The molecule has 6 nitrogen and oxygen atoms in total. The highest BCUT2D eigenvalue weighted by Crippen LogP contribution is 2.47. The second kappa shape index (κ2) is 4.26. The lowest BCUT2D eigenvalue weighted by Crippen LogP contribution is -2.46. The van der Waals surface area contributed by atoms with Crippen LogP contribution in [-0.4, -0.2) is 38.3 Å². The maximum absolute atomic E-state index is 11.2. The van der Waals surface area contributed by atoms with Gasteiger partial charge in [0.25, 0.3) is 0 Å². The maximum atomic E-state index is 11.2. The van der Waals surface area contributed by atoms with Gasteiger partial charge in [0, 0.05) is 18.0 Å². The second-order valence-corrected chi connectivity index (χ2v) is 5.85. The summed E-state index contributed by atoms with van der Waals surface area (Å²) in [5.74, 6) is 1.77. The van der Waals surface area contributed by atoms with E-state index in [-0.39, 0.29) is 11.5 Å². The molecule has 0 spiro atoms. The normalized spacial score (nSPS) is 22.9. The van der Waals surface area contributed by atoms with Crippen molar-refractivity contribution in [2.75, 3.05) is 6.54 Å². The Morgan fingerprint density at radius 3 is 2.67 bits per heavy atom. The molecule has 1 aliphatic rings. The number of hydrogen-bond donors (Lipinski definition) is 1. The van der Waals surface area contributed by atoms with Crippen LogP contribution in [0, 0.1) is 12.8 Å². The molecule has 2 unspecified atom stereocenters. The monoisotopic (exact) mass is 253 g/mol. The van der Waals surface area contributed by atoms with E-state index in [0.29, 0.717) is 24.2 Å². The van der Waals surface area contributed by atoms with Crippen molar-refractivity contribution >= 4 is 6.09 Å². The number of carboxylic acid groups (broad SMARTS) is 1. The molecule has 1 amide bonds. The topological polar surface area (TPSA) is 79.5 Å². The molecular weight excluding hydrogens is 234 g/mol. The van der Waals surface area contributed by atoms with Crippen LogP contribution in [0.15, 0.2) is 4.52 Å². The number of carbonyl (C=O) groups is 1. The summed E-state index contributed by atoms with van der Waals surface area (Å²) in [6, 6.07) is 0. The Labute approximate surface area is 106 Å². The summed E-state index contributed by atoms with van der Waals surface area (Å²) in [5, 5.41) is 13.0. The molecule has 1 saturated carbocycles. The minimum Gasteiger partial charge on any atom is -0.465 e. The Morgan fingerprint density at radius 2 is 2.22 bits per heavy atom. The van der Waals surface area contributed by atoms with E-state index in [1.54, 1.807) is 6.92 Å². The number of hydrogen-bond acceptors (Lipinski definition) is 4. The number of amides is 1. The highest BCUT2D eigenvalue weighted by molar-refractivity contribution is 5.66. The van der Waals surface area contributed by atoms with E-state index in [0.717, 1.165) is 6.42 Å². The summed E-state index contributed by atoms with van der Waals surface area (Å²) in [5.41, 5.74) is -0.385. The van der Waals surface area contributed by atoms with Gasteiger partial charge in [-0.1, -0.05) is 5.16 Å². The first-order valence-corrected chi connectivity index (χ1v) is 6.10. The molecule has 1 heterocycles. The molecule has 0 aliphatic heterocycles. The lowest BCUT2D eigenvalue weighted by molar-refractivity contribution is 0.0964. The van der Waals surface area contributed by atoms with E-state index in [2.05, 4.69) is 10.1 Å². The van der Waals surface area contributed by atoms with Crippen LogP contribution < -0.4 is 0 Å². The third-order valence-electron chi connectivity index (χ3n) is 3.24. The molecular formula is C12H19N3O3. The fourth-order valence-corrected chi connectivity index (χ4v) is 2.09. The van der Waals surface area contributed by atoms with Gasteiger partial charge in [-0.2, -0.15) is 4.98 Å². The molecule has 0 bridgehead atoms. The molecule has 1 N–H and O–H groups in total. The van der Waals surface area contributed by atoms with Crippen molar-refractivity contribution in [1.82, 2.24) is 15.0 Å². The average Bonchev–Trinajstić information content (AvgIpc) is 2.87. The number of nitrogens with zero attached hydrogens (tertiary/aromatic N) is 3. The van der Waals surface area contributed by atoms with Crippen molar-refractivity contribution in [1.29, 1.82) is 0 Å². The SMILES string of the molecule is Cc1noc(C2CC2CN(C(=O)O)C(C)(C)C)n1. The second-order valence-electron chi connectivity index (χ2n) is 5.85. The first kappa shape index (κ1) is 12.9. The summed E-state index contributed by atoms with van der Waals surface area (Å²) in [4.78, 5) is 16.9. The minimum atomic E-state index is -0.880. The minimum absolute atomic E-state index is 0.218. The third-order valence-corrected chi connectivity index (χ3v) is 3.24. The number of rotatable bonds is 3. The summed E-state index contributed by atoms with van der Waals surface area (Å²) >= 11 is 0. The molecule has 2 rings (SSSR count). The molecule has 0 aromatic carbocycles. The quantitative estimate of drug-likeness (QED) is 0.893. The standard InChI is InChI=1S/C12H19N3O3/c1-7-13-10(18-14-7)9-5-8(9)6-15(11(16)17)12(2,3)4/h8-9H,5-6H2,1-4H3,(H,16,17). The zero-order valence-electron chi connectivity index (χ0n) is 11.2. The predicted octanol–water partition coefficient (Wildman–Crippen LogP) is 2.26. The Balaban J connectivity index is 1.98. The van der Waals surface area contributed by atoms with Crippen molar-refractivity contribution < 1.29 is 14.4 Å². The highest BCUT2D eigenvalue weighted by Gasteiger charge is 2.45. The summed E-state index contributed by atoms with van der Waals surface area (Å²) in [6.45, 7) is 7.99. The summed E-state index contributed by atoms with van der Waals surface area (Å²) < 4.78 is 5.12. The van der Waals surface area contributed by atoms with Gasteiger partial charge in [0.05, 0.1) is 0 Å². The van der Waals surface area contributed by atoms with Crippen molar-refractivity contribution in [3.05, 3.63) is 11.7 Å². The number of aromatic nitrogens is 2. The maximum Gasteiger partial charge on any atom is 0.407 e. The smallest absolute Gasteiger partial charge is 0.407 e. The highest BCUT2D eigenvalue weighted by atomic mass is 16.5. The van der Waals surface area contributed by atoms with Crippen LogP contribution in [0.25, 0.3) is 0 Å². The van der Waals surface area contributed by atoms with Crippen molar-refractivity contribution in [3.63, 3.8) is 0 Å². The zero-order valence-corrected chi connectivity index (χ0v) is 11.2. The van der Waals surface area contributed by atoms with Crippen LogP contribution in [0.2, 0.25) is 0 Å². The predicted molar refractivity (Wildman–Crippen MR) is 64.4 cm³/mol. The molecule has 1 aromatic heterocycles. The van der Waals surface area contributed by atoms with Crippen molar-refractivity contribution in [2.24, 2.45) is 5.92 Å². The van der Waals surface area contributed by atoms with Crippen LogP contribution in [0.3, 0.4) is 0 Å². The van der Waals surface area contributed by atoms with Gasteiger partial charge in [0.1, 0.15) is 0 Å². The number of aryl methyl sites for hydroxylation is 1. The van der Waals surface area contributed by atoms with E-state index >= 15 is 0 Å². The zero-order chi connectivity index (χ0) is 13.5. The van der Waals surface area contributed by atoms with Gasteiger partial charge in [0.15, 0.2) is 5.82 Å². The van der Waals surface area contributed by atoms with Crippen molar-refractivity contribution in [3.8, 4) is 0 Å². The van der Waals surface area contributed by atoms with Gasteiger partial charge in [-0.15, -0.1) is 0 Å². The van der Waals surface area contributed by atoms with Gasteiger partial charge in [-0.05, 0) is 40.0 Å². The molecule has 1 aliphatic carbocycles. The molecule has 0 radical (unpaired) electrons. The lowest BCUT2D eigenvalue weighted by Gasteiger charge is -2.33. The van der Waals surface area contributed by atoms with Crippen LogP contribution in [0.5, 0.6) is 0 Å². The molecule has 2 atom stereocenters. The fourth-order valence-electron chi connectivity index (χ4n) is 2.09. The Hall–Kier alpha value is -1.59. The lowest BCUT2D eigenvalue weighted by atomic mass is 10.1. The van der Waals surface area contributed by atoms with E-state index in [9.17, 15) is 9.90 Å². The van der Waals surface area contributed by atoms with Crippen LogP contribution >= 0.6 is 0 Å². The van der Waals surface area contributed by atoms with E-state index in [4.69, 9.17) is 4.52 Å². The summed E-state index contributed by atoms with van der Waals surface area (Å²) in [7, 11) is 0. The Bertz CT molecular complexity index is 450. The fraction of sp³-hybridized carbons (Fsp3) is 0.750. The molecule has 1 fully saturated rings. The molecule has 100 valence electrons. The van der Waals surface area contributed by atoms with E-state index in [1.165, 1.54) is 4.90 Å². The summed E-state index contributed by atoms with van der Waals surface area (Å²) in [6.07, 6.45) is 0.0384. The molecule has 0 saturated heterocycles. The molecule has 6 heteroatoms. The van der Waals surface area contributed by atoms with Gasteiger partial charge in [-0.25, -0.2) is 4.79 Å². The Morgan fingerprint density at radius 1 is 1.56 bits per heavy atom. The first-order valence-electron chi connectivity index (χ1n) is 6.10. The Kier molecular flexibility index (Phi) is 3.04. The van der Waals surface area contributed by atoms with Crippen LogP contribution in [0.4, 0.5) is 4.79 Å².